The van der Waals surface area contributed by atoms with Crippen molar-refractivity contribution in [3.8, 4) is 5.75 Å². The molecule has 1 amide bonds. The normalized spacial score (nSPS) is 15.8. The Labute approximate surface area is 232 Å². The maximum atomic E-state index is 13.1. The lowest BCUT2D eigenvalue weighted by molar-refractivity contribution is -0.117. The Balaban J connectivity index is 1.27. The van der Waals surface area contributed by atoms with E-state index in [9.17, 15) is 4.79 Å². The quantitative estimate of drug-likeness (QED) is 0.200. The largest absolute Gasteiger partial charge is 0.494 e. The molecule has 0 N–H and O–H groups in total. The molecule has 1 saturated heterocycles. The monoisotopic (exact) mass is 523 g/mol. The van der Waals surface area contributed by atoms with Crippen molar-refractivity contribution in [2.45, 2.75) is 77.7 Å². The molecule has 5 rings (SSSR count). The van der Waals surface area contributed by atoms with Crippen molar-refractivity contribution in [2.24, 2.45) is 0 Å². The number of rotatable bonds is 10. The second kappa shape index (κ2) is 11.6. The first-order chi connectivity index (χ1) is 18.8. The molecule has 1 aliphatic rings. The van der Waals surface area contributed by atoms with E-state index < -0.39 is 0 Å². The molecule has 204 valence electrons. The maximum absolute atomic E-state index is 13.1. The Hall–Kier alpha value is -3.60. The number of hydrogen-bond acceptors (Lipinski definition) is 3. The highest BCUT2D eigenvalue weighted by Gasteiger charge is 2.34. The summed E-state index contributed by atoms with van der Waals surface area (Å²) in [5, 5.41) is 0. The van der Waals surface area contributed by atoms with Crippen LogP contribution in [0.3, 0.4) is 0 Å². The third-order valence-electron chi connectivity index (χ3n) is 7.76. The molecule has 0 aliphatic carbocycles. The maximum Gasteiger partial charge on any atom is 0.227 e. The summed E-state index contributed by atoms with van der Waals surface area (Å²) in [6.45, 7) is 11.0. The molecule has 0 radical (unpaired) electrons. The summed E-state index contributed by atoms with van der Waals surface area (Å²) in [5.74, 6) is 2.13. The Bertz CT molecular complexity index is 1400. The van der Waals surface area contributed by atoms with Gasteiger partial charge in [-0.15, -0.1) is 0 Å². The van der Waals surface area contributed by atoms with Gasteiger partial charge in [0.15, 0.2) is 0 Å². The van der Waals surface area contributed by atoms with Crippen LogP contribution in [0.5, 0.6) is 5.75 Å². The van der Waals surface area contributed by atoms with Gasteiger partial charge in [-0.25, -0.2) is 4.98 Å². The lowest BCUT2D eigenvalue weighted by Crippen LogP contribution is -2.24. The number of carbonyl (C=O) groups is 1. The molecule has 1 aromatic heterocycles. The minimum atomic E-state index is 0.0653. The summed E-state index contributed by atoms with van der Waals surface area (Å²) in [4.78, 5) is 20.1. The number of fused-ring (bicyclic) bond motifs is 1. The van der Waals surface area contributed by atoms with Crippen molar-refractivity contribution in [3.63, 3.8) is 0 Å². The number of hydrogen-bond donors (Lipinski definition) is 0. The van der Waals surface area contributed by atoms with Crippen LogP contribution in [0.4, 0.5) is 5.69 Å². The van der Waals surface area contributed by atoms with Gasteiger partial charge in [-0.05, 0) is 72.2 Å². The zero-order chi connectivity index (χ0) is 27.4. The number of ether oxygens (including phenoxy) is 1. The Morgan fingerprint density at radius 1 is 0.949 bits per heavy atom. The van der Waals surface area contributed by atoms with Crippen LogP contribution in [0.1, 0.15) is 76.2 Å². The number of nitrogens with zero attached hydrogens (tertiary/aromatic N) is 3. The Kier molecular flexibility index (Phi) is 8.06. The van der Waals surface area contributed by atoms with E-state index in [0.29, 0.717) is 19.6 Å². The van der Waals surface area contributed by atoms with Crippen LogP contribution in [-0.2, 0) is 23.2 Å². The summed E-state index contributed by atoms with van der Waals surface area (Å²) in [6, 6.07) is 25.2. The van der Waals surface area contributed by atoms with E-state index in [-0.39, 0.29) is 17.2 Å². The van der Waals surface area contributed by atoms with Gasteiger partial charge < -0.3 is 14.2 Å². The van der Waals surface area contributed by atoms with Crippen LogP contribution in [0, 0.1) is 0 Å². The smallest absolute Gasteiger partial charge is 0.227 e. The summed E-state index contributed by atoms with van der Waals surface area (Å²) < 4.78 is 8.38. The van der Waals surface area contributed by atoms with Crippen molar-refractivity contribution in [2.75, 3.05) is 18.1 Å². The van der Waals surface area contributed by atoms with Crippen LogP contribution in [0.15, 0.2) is 72.8 Å². The van der Waals surface area contributed by atoms with Crippen molar-refractivity contribution >= 4 is 22.6 Å². The van der Waals surface area contributed by atoms with E-state index in [0.717, 1.165) is 47.7 Å². The van der Waals surface area contributed by atoms with Crippen LogP contribution in [0.25, 0.3) is 11.0 Å². The van der Waals surface area contributed by atoms with Crippen LogP contribution < -0.4 is 9.64 Å². The summed E-state index contributed by atoms with van der Waals surface area (Å²) >= 11 is 0. The molecule has 5 nitrogen and oxygen atoms in total. The van der Waals surface area contributed by atoms with Gasteiger partial charge in [0.1, 0.15) is 11.6 Å². The Morgan fingerprint density at radius 2 is 1.69 bits per heavy atom. The standard InChI is InChI=1S/C34H41N3O2/c1-5-6-10-25-13-17-28(18-14-25)37-24-26(23-32(37)38)33-35-30-11-7-8-12-31(30)36(33)21-9-22-39-29-19-15-27(16-20-29)34(2,3)4/h7-8,11-20,26H,5-6,9-10,21-24H2,1-4H3. The highest BCUT2D eigenvalue weighted by molar-refractivity contribution is 5.96. The minimum Gasteiger partial charge on any atom is -0.494 e. The molecular weight excluding hydrogens is 482 g/mol. The van der Waals surface area contributed by atoms with Crippen molar-refractivity contribution in [1.29, 1.82) is 0 Å². The molecule has 39 heavy (non-hydrogen) atoms. The van der Waals surface area contributed by atoms with E-state index in [4.69, 9.17) is 9.72 Å². The highest BCUT2D eigenvalue weighted by Crippen LogP contribution is 2.33. The second-order valence-electron chi connectivity index (χ2n) is 11.8. The van der Waals surface area contributed by atoms with Crippen LogP contribution in [0.2, 0.25) is 0 Å². The second-order valence-corrected chi connectivity index (χ2v) is 11.8. The number of amides is 1. The fourth-order valence-corrected chi connectivity index (χ4v) is 5.46. The van der Waals surface area contributed by atoms with E-state index in [2.05, 4.69) is 99.0 Å². The van der Waals surface area contributed by atoms with Gasteiger partial charge in [0.05, 0.1) is 17.6 Å². The molecule has 4 aromatic rings. The van der Waals surface area contributed by atoms with Gasteiger partial charge in [-0.2, -0.15) is 0 Å². The van der Waals surface area contributed by atoms with Gasteiger partial charge in [-0.3, -0.25) is 4.79 Å². The van der Waals surface area contributed by atoms with Crippen LogP contribution >= 0.6 is 0 Å². The number of aromatic nitrogens is 2. The first-order valence-electron chi connectivity index (χ1n) is 14.4. The summed E-state index contributed by atoms with van der Waals surface area (Å²) in [5.41, 5.74) is 5.85. The zero-order valence-electron chi connectivity index (χ0n) is 23.8. The zero-order valence-corrected chi connectivity index (χ0v) is 23.8. The number of unbranched alkanes of at least 4 members (excludes halogenated alkanes) is 1. The molecule has 0 spiro atoms. The molecular formula is C34H41N3O2. The van der Waals surface area contributed by atoms with Gasteiger partial charge in [0.2, 0.25) is 5.91 Å². The average Bonchev–Trinajstić information content (AvgIpc) is 3.50. The van der Waals surface area contributed by atoms with Crippen LogP contribution in [-0.4, -0.2) is 28.6 Å². The molecule has 5 heteroatoms. The Morgan fingerprint density at radius 3 is 2.41 bits per heavy atom. The van der Waals surface area contributed by atoms with Gasteiger partial charge in [-0.1, -0.05) is 70.5 Å². The minimum absolute atomic E-state index is 0.0653. The molecule has 1 fully saturated rings. The van der Waals surface area contributed by atoms with Crippen molar-refractivity contribution in [1.82, 2.24) is 9.55 Å². The number of imidazole rings is 1. The predicted octanol–water partition coefficient (Wildman–Crippen LogP) is 7.67. The van der Waals surface area contributed by atoms with E-state index >= 15 is 0 Å². The van der Waals surface area contributed by atoms with E-state index in [1.807, 2.05) is 11.0 Å². The van der Waals surface area contributed by atoms with E-state index in [1.54, 1.807) is 0 Å². The summed E-state index contributed by atoms with van der Waals surface area (Å²) in [7, 11) is 0. The molecule has 0 bridgehead atoms. The molecule has 1 atom stereocenters. The molecule has 3 aromatic carbocycles. The van der Waals surface area contributed by atoms with Gasteiger partial charge in [0, 0.05) is 31.1 Å². The summed E-state index contributed by atoms with van der Waals surface area (Å²) in [6.07, 6.45) is 4.80. The SMILES string of the molecule is CCCCc1ccc(N2CC(c3nc4ccccc4n3CCCOc3ccc(C(C)(C)C)cc3)CC2=O)cc1. The number of para-hydroxylation sites is 2. The predicted molar refractivity (Wildman–Crippen MR) is 160 cm³/mol. The number of benzene rings is 3. The number of anilines is 1. The van der Waals surface area contributed by atoms with Gasteiger partial charge >= 0.3 is 0 Å². The number of carbonyl (C=O) groups excluding carboxylic acids is 1. The third kappa shape index (κ3) is 6.19. The van der Waals surface area contributed by atoms with Gasteiger partial charge in [0.25, 0.3) is 0 Å². The first-order valence-corrected chi connectivity index (χ1v) is 14.4. The first kappa shape index (κ1) is 27.0. The fourth-order valence-electron chi connectivity index (χ4n) is 5.46. The van der Waals surface area contributed by atoms with E-state index in [1.165, 1.54) is 24.0 Å². The molecule has 1 unspecified atom stereocenters. The number of aryl methyl sites for hydroxylation is 2. The lowest BCUT2D eigenvalue weighted by atomic mass is 9.87. The third-order valence-corrected chi connectivity index (χ3v) is 7.76. The lowest BCUT2D eigenvalue weighted by Gasteiger charge is -2.19. The average molecular weight is 524 g/mol. The topological polar surface area (TPSA) is 47.4 Å². The van der Waals surface area contributed by atoms with Crippen molar-refractivity contribution < 1.29 is 9.53 Å². The fraction of sp³-hybridized carbons (Fsp3) is 0.412. The molecule has 1 aliphatic heterocycles. The molecule has 2 heterocycles. The molecule has 0 saturated carbocycles. The highest BCUT2D eigenvalue weighted by atomic mass is 16.5. The van der Waals surface area contributed by atoms with Crippen molar-refractivity contribution in [3.05, 3.63) is 89.7 Å².